The lowest BCUT2D eigenvalue weighted by Crippen LogP contribution is -2.58. The first-order valence-electron chi connectivity index (χ1n) is 14.5. The number of sulfonamides is 1. The van der Waals surface area contributed by atoms with E-state index in [0.717, 1.165) is 5.56 Å². The number of rotatable bonds is 17. The molecule has 5 unspecified atom stereocenters. The van der Waals surface area contributed by atoms with Gasteiger partial charge in [0.1, 0.15) is 11.8 Å². The monoisotopic (exact) mass is 604 g/mol. The smallest absolute Gasteiger partial charge is 0.243 e. The number of methoxy groups -OCH3 is 1. The third-order valence-electron chi connectivity index (χ3n) is 7.37. The van der Waals surface area contributed by atoms with E-state index < -0.39 is 40.2 Å². The molecule has 0 fully saturated rings. The SMILES string of the molecule is CCC(C)C(NC(=O)C(C)NC)C(=O)NC(Cc1ccccc1)C(O)CN(CC(C)C)S(=O)(=O)c1ccc(OC)cc1. The maximum absolute atomic E-state index is 13.7. The van der Waals surface area contributed by atoms with Crippen LogP contribution in [0.3, 0.4) is 0 Å². The predicted molar refractivity (Wildman–Crippen MR) is 165 cm³/mol. The molecule has 0 aliphatic carbocycles. The zero-order chi connectivity index (χ0) is 31.4. The van der Waals surface area contributed by atoms with Crippen LogP contribution in [0.15, 0.2) is 59.5 Å². The van der Waals surface area contributed by atoms with E-state index in [9.17, 15) is 23.1 Å². The summed E-state index contributed by atoms with van der Waals surface area (Å²) >= 11 is 0. The maximum Gasteiger partial charge on any atom is 0.243 e. The summed E-state index contributed by atoms with van der Waals surface area (Å²) in [6.45, 7) is 9.25. The summed E-state index contributed by atoms with van der Waals surface area (Å²) in [7, 11) is -0.803. The van der Waals surface area contributed by atoms with Gasteiger partial charge in [-0.15, -0.1) is 0 Å². The standard InChI is InChI=1S/C31H48N4O6S/c1-8-22(4)29(34-30(37)23(5)32-6)31(38)33-27(18-24-12-10-9-11-13-24)28(36)20-35(19-21(2)3)42(39,40)26-16-14-25(41-7)15-17-26/h9-17,21-23,27-29,32,36H,8,18-20H2,1-7H3,(H,33,38)(H,34,37). The van der Waals surface area contributed by atoms with Crippen molar-refractivity contribution in [3.05, 3.63) is 60.2 Å². The number of hydrogen-bond acceptors (Lipinski definition) is 7. The summed E-state index contributed by atoms with van der Waals surface area (Å²) in [4.78, 5) is 26.4. The molecule has 4 N–H and O–H groups in total. The molecule has 234 valence electrons. The van der Waals surface area contributed by atoms with Gasteiger partial charge >= 0.3 is 0 Å². The molecule has 5 atom stereocenters. The molecule has 0 radical (unpaired) electrons. The minimum atomic E-state index is -3.97. The van der Waals surface area contributed by atoms with E-state index in [4.69, 9.17) is 4.74 Å². The summed E-state index contributed by atoms with van der Waals surface area (Å²) in [6, 6.07) is 13.3. The van der Waals surface area contributed by atoms with Crippen LogP contribution in [-0.4, -0.2) is 81.1 Å². The van der Waals surface area contributed by atoms with E-state index in [0.29, 0.717) is 12.2 Å². The highest BCUT2D eigenvalue weighted by Crippen LogP contribution is 2.22. The van der Waals surface area contributed by atoms with Crippen molar-refractivity contribution in [1.82, 2.24) is 20.3 Å². The Kier molecular flexibility index (Phi) is 13.9. The Balaban J connectivity index is 2.39. The molecule has 0 saturated carbocycles. The lowest BCUT2D eigenvalue weighted by atomic mass is 9.95. The quantitative estimate of drug-likeness (QED) is 0.218. The van der Waals surface area contributed by atoms with Crippen molar-refractivity contribution < 1.29 is 27.9 Å². The average Bonchev–Trinajstić information content (AvgIpc) is 2.98. The second kappa shape index (κ2) is 16.6. The van der Waals surface area contributed by atoms with Crippen molar-refractivity contribution in [3.8, 4) is 5.75 Å². The number of benzene rings is 2. The van der Waals surface area contributed by atoms with Crippen LogP contribution in [0.5, 0.6) is 5.75 Å². The van der Waals surface area contributed by atoms with Gasteiger partial charge in [0.05, 0.1) is 30.2 Å². The maximum atomic E-state index is 13.7. The number of aliphatic hydroxyl groups excluding tert-OH is 1. The number of nitrogens with zero attached hydrogens (tertiary/aromatic N) is 1. The van der Waals surface area contributed by atoms with Crippen LogP contribution < -0.4 is 20.7 Å². The summed E-state index contributed by atoms with van der Waals surface area (Å²) in [5, 5.41) is 20.2. The molecule has 2 aromatic rings. The highest BCUT2D eigenvalue weighted by atomic mass is 32.2. The Morgan fingerprint density at radius 2 is 1.55 bits per heavy atom. The van der Waals surface area contributed by atoms with Crippen LogP contribution >= 0.6 is 0 Å². The molecule has 0 heterocycles. The fourth-order valence-electron chi connectivity index (χ4n) is 4.45. The molecule has 11 heteroatoms. The van der Waals surface area contributed by atoms with Crippen molar-refractivity contribution >= 4 is 21.8 Å². The number of nitrogens with one attached hydrogen (secondary N) is 3. The fourth-order valence-corrected chi connectivity index (χ4v) is 6.07. The van der Waals surface area contributed by atoms with E-state index in [1.54, 1.807) is 26.1 Å². The first kappa shape index (κ1) is 35.2. The minimum absolute atomic E-state index is 0.0217. The Hall–Kier alpha value is -2.99. The van der Waals surface area contributed by atoms with Crippen molar-refractivity contribution in [2.75, 3.05) is 27.2 Å². The zero-order valence-electron chi connectivity index (χ0n) is 25.8. The van der Waals surface area contributed by atoms with Gasteiger partial charge in [0.15, 0.2) is 0 Å². The molecule has 42 heavy (non-hydrogen) atoms. The van der Waals surface area contributed by atoms with Gasteiger partial charge in [-0.1, -0.05) is 64.4 Å². The number of hydrogen-bond donors (Lipinski definition) is 4. The van der Waals surface area contributed by atoms with Gasteiger partial charge in [0.2, 0.25) is 21.8 Å². The van der Waals surface area contributed by atoms with Gasteiger partial charge in [-0.25, -0.2) is 8.42 Å². The zero-order valence-corrected chi connectivity index (χ0v) is 26.6. The van der Waals surface area contributed by atoms with Gasteiger partial charge < -0.3 is 25.8 Å². The molecule has 0 saturated heterocycles. The van der Waals surface area contributed by atoms with Crippen molar-refractivity contribution in [1.29, 1.82) is 0 Å². The molecular formula is C31H48N4O6S. The molecule has 0 aliphatic heterocycles. The minimum Gasteiger partial charge on any atom is -0.497 e. The van der Waals surface area contributed by atoms with Crippen LogP contribution in [0, 0.1) is 11.8 Å². The number of aliphatic hydroxyl groups is 1. The number of carbonyl (C=O) groups is 2. The Labute approximate surface area is 251 Å². The molecule has 2 aromatic carbocycles. The molecule has 2 rings (SSSR count). The van der Waals surface area contributed by atoms with E-state index in [-0.39, 0.29) is 42.1 Å². The van der Waals surface area contributed by atoms with Crippen LogP contribution in [0.25, 0.3) is 0 Å². The molecule has 10 nitrogen and oxygen atoms in total. The molecule has 0 spiro atoms. The van der Waals surface area contributed by atoms with Crippen LogP contribution in [-0.2, 0) is 26.0 Å². The Morgan fingerprint density at radius 3 is 2.07 bits per heavy atom. The fraction of sp³-hybridized carbons (Fsp3) is 0.548. The number of ether oxygens (including phenoxy) is 1. The first-order chi connectivity index (χ1) is 19.8. The predicted octanol–water partition coefficient (Wildman–Crippen LogP) is 2.57. The normalized spacial score (nSPS) is 15.5. The molecule has 0 aromatic heterocycles. The third kappa shape index (κ3) is 10.1. The van der Waals surface area contributed by atoms with Gasteiger partial charge in [-0.05, 0) is 62.1 Å². The Morgan fingerprint density at radius 1 is 0.929 bits per heavy atom. The highest BCUT2D eigenvalue weighted by molar-refractivity contribution is 7.89. The summed E-state index contributed by atoms with van der Waals surface area (Å²) in [6.07, 6.45) is -0.342. The topological polar surface area (TPSA) is 137 Å². The first-order valence-corrected chi connectivity index (χ1v) is 15.9. The summed E-state index contributed by atoms with van der Waals surface area (Å²) in [5.74, 6) is -0.421. The van der Waals surface area contributed by atoms with E-state index in [2.05, 4.69) is 16.0 Å². The van der Waals surface area contributed by atoms with E-state index >= 15 is 0 Å². The molecule has 2 amide bonds. The average molecular weight is 605 g/mol. The number of likely N-dealkylation sites (N-methyl/N-ethyl adjacent to an activating group) is 1. The highest BCUT2D eigenvalue weighted by Gasteiger charge is 2.34. The van der Waals surface area contributed by atoms with Gasteiger partial charge in [0.25, 0.3) is 0 Å². The van der Waals surface area contributed by atoms with Crippen molar-refractivity contribution in [2.45, 2.75) is 76.6 Å². The summed E-state index contributed by atoms with van der Waals surface area (Å²) in [5.41, 5.74) is 0.864. The Bertz CT molecular complexity index is 1220. The lowest BCUT2D eigenvalue weighted by Gasteiger charge is -2.32. The largest absolute Gasteiger partial charge is 0.497 e. The van der Waals surface area contributed by atoms with Gasteiger partial charge in [0, 0.05) is 13.1 Å². The second-order valence-corrected chi connectivity index (χ2v) is 13.1. The number of carbonyl (C=O) groups excluding carboxylic acids is 2. The molecule has 0 bridgehead atoms. The lowest BCUT2D eigenvalue weighted by molar-refractivity contribution is -0.131. The van der Waals surface area contributed by atoms with E-state index in [1.807, 2.05) is 58.0 Å². The van der Waals surface area contributed by atoms with Crippen LogP contribution in [0.1, 0.15) is 46.6 Å². The van der Waals surface area contributed by atoms with Crippen LogP contribution in [0.4, 0.5) is 0 Å². The van der Waals surface area contributed by atoms with Crippen LogP contribution in [0.2, 0.25) is 0 Å². The van der Waals surface area contributed by atoms with E-state index in [1.165, 1.54) is 23.5 Å². The van der Waals surface area contributed by atoms with Gasteiger partial charge in [-0.3, -0.25) is 9.59 Å². The van der Waals surface area contributed by atoms with Gasteiger partial charge in [-0.2, -0.15) is 4.31 Å². The third-order valence-corrected chi connectivity index (χ3v) is 9.21. The molecular weight excluding hydrogens is 556 g/mol. The second-order valence-electron chi connectivity index (χ2n) is 11.1. The molecule has 0 aliphatic rings. The summed E-state index contributed by atoms with van der Waals surface area (Å²) < 4.78 is 33.8. The van der Waals surface area contributed by atoms with Crippen molar-refractivity contribution in [3.63, 3.8) is 0 Å². The number of amides is 2. The van der Waals surface area contributed by atoms with Crippen molar-refractivity contribution in [2.24, 2.45) is 11.8 Å².